The van der Waals surface area contributed by atoms with Crippen LogP contribution in [0.3, 0.4) is 0 Å². The van der Waals surface area contributed by atoms with Crippen molar-refractivity contribution in [3.63, 3.8) is 0 Å². The second-order valence-electron chi connectivity index (χ2n) is 5.76. The van der Waals surface area contributed by atoms with Gasteiger partial charge in [0.1, 0.15) is 0 Å². The summed E-state index contributed by atoms with van der Waals surface area (Å²) in [6.45, 7) is 10.2. The molecule has 0 spiro atoms. The first-order valence-electron chi connectivity index (χ1n) is 6.01. The third-order valence-corrected chi connectivity index (χ3v) is 6.01. The zero-order valence-corrected chi connectivity index (χ0v) is 13.8. The largest absolute Gasteiger partial charge is 0.481 e. The van der Waals surface area contributed by atoms with Crippen molar-refractivity contribution in [2.45, 2.75) is 51.8 Å². The summed E-state index contributed by atoms with van der Waals surface area (Å²) in [5.41, 5.74) is 6.79. The van der Waals surface area contributed by atoms with Gasteiger partial charge in [0.25, 0.3) is 0 Å². The molecule has 0 amide bonds. The van der Waals surface area contributed by atoms with Crippen LogP contribution in [0.4, 0.5) is 0 Å². The fourth-order valence-electron chi connectivity index (χ4n) is 1.82. The quantitative estimate of drug-likeness (QED) is 0.844. The van der Waals surface area contributed by atoms with E-state index in [-0.39, 0.29) is 24.3 Å². The number of nitrogens with two attached hydrogens (primary N) is 1. The van der Waals surface area contributed by atoms with E-state index >= 15 is 0 Å². The van der Waals surface area contributed by atoms with Crippen LogP contribution in [0.5, 0.6) is 0 Å². The van der Waals surface area contributed by atoms with Crippen molar-refractivity contribution in [2.24, 2.45) is 5.73 Å². The summed E-state index contributed by atoms with van der Waals surface area (Å²) >= 11 is 5.16. The first kappa shape index (κ1) is 14.5. The minimum Gasteiger partial charge on any atom is -0.402 e. The lowest BCUT2D eigenvalue weighted by Gasteiger charge is -2.32. The number of hydrogen-bond acceptors (Lipinski definition) is 4. The third-order valence-electron chi connectivity index (χ3n) is 3.77. The highest BCUT2D eigenvalue weighted by Crippen LogP contribution is 2.41. The zero-order valence-electron chi connectivity index (χ0n) is 11.4. The van der Waals surface area contributed by atoms with Gasteiger partial charge >= 0.3 is 7.12 Å². The standard InChI is InChI=1S/C12H19BBrNO2S/c1-7-6-8(18-10(7)14)9(15)13-16-11(2,3)12(4,5)17-13/h6,9H,15H2,1-5H3/t9-/m1/s1. The molecule has 1 atom stereocenters. The van der Waals surface area contributed by atoms with Crippen LogP contribution in [-0.4, -0.2) is 18.3 Å². The van der Waals surface area contributed by atoms with Crippen LogP contribution in [0.25, 0.3) is 0 Å². The maximum absolute atomic E-state index is 6.26. The van der Waals surface area contributed by atoms with Crippen molar-refractivity contribution in [1.29, 1.82) is 0 Å². The Morgan fingerprint density at radius 2 is 1.78 bits per heavy atom. The summed E-state index contributed by atoms with van der Waals surface area (Å²) in [7, 11) is -0.389. The summed E-state index contributed by atoms with van der Waals surface area (Å²) in [6, 6.07) is 2.09. The second kappa shape index (κ2) is 4.60. The van der Waals surface area contributed by atoms with Gasteiger partial charge in [-0.25, -0.2) is 0 Å². The lowest BCUT2D eigenvalue weighted by Crippen LogP contribution is -2.41. The molecule has 2 heterocycles. The lowest BCUT2D eigenvalue weighted by atomic mass is 9.78. The third kappa shape index (κ3) is 2.41. The average molecular weight is 332 g/mol. The molecule has 1 aliphatic rings. The first-order chi connectivity index (χ1) is 8.14. The van der Waals surface area contributed by atoms with Gasteiger partial charge in [-0.1, -0.05) is 0 Å². The average Bonchev–Trinajstić information content (AvgIpc) is 2.65. The number of hydrogen-bond donors (Lipinski definition) is 1. The smallest absolute Gasteiger partial charge is 0.402 e. The minimum atomic E-state index is -0.389. The molecule has 1 aliphatic heterocycles. The van der Waals surface area contributed by atoms with Crippen molar-refractivity contribution >= 4 is 34.4 Å². The predicted molar refractivity (Wildman–Crippen MR) is 79.8 cm³/mol. The van der Waals surface area contributed by atoms with E-state index in [0.717, 1.165) is 8.66 Å². The van der Waals surface area contributed by atoms with Gasteiger partial charge in [-0.05, 0) is 62.2 Å². The van der Waals surface area contributed by atoms with E-state index in [1.165, 1.54) is 5.56 Å². The Hall–Kier alpha value is 0.125. The molecule has 2 N–H and O–H groups in total. The maximum Gasteiger partial charge on any atom is 0.481 e. The highest BCUT2D eigenvalue weighted by Gasteiger charge is 2.53. The monoisotopic (exact) mass is 331 g/mol. The molecular formula is C12H19BBrNO2S. The van der Waals surface area contributed by atoms with Gasteiger partial charge < -0.3 is 15.0 Å². The van der Waals surface area contributed by atoms with Gasteiger partial charge in [0.05, 0.1) is 20.9 Å². The van der Waals surface area contributed by atoms with Gasteiger partial charge in [0.15, 0.2) is 0 Å². The summed E-state index contributed by atoms with van der Waals surface area (Å²) in [5.74, 6) is -0.249. The molecule has 1 fully saturated rings. The molecule has 0 saturated carbocycles. The van der Waals surface area contributed by atoms with E-state index in [1.807, 2.05) is 27.7 Å². The van der Waals surface area contributed by atoms with Gasteiger partial charge in [-0.15, -0.1) is 11.3 Å². The Kier molecular flexibility index (Phi) is 3.71. The summed E-state index contributed by atoms with van der Waals surface area (Å²) in [6.07, 6.45) is 0. The Morgan fingerprint density at radius 3 is 2.17 bits per heavy atom. The number of aryl methyl sites for hydroxylation is 1. The SMILES string of the molecule is Cc1cc([C@@H](N)B2OC(C)(C)C(C)(C)O2)sc1Br. The molecule has 0 aliphatic carbocycles. The van der Waals surface area contributed by atoms with Crippen LogP contribution in [0.2, 0.25) is 0 Å². The molecule has 6 heteroatoms. The molecule has 1 saturated heterocycles. The molecule has 0 bridgehead atoms. The molecule has 3 nitrogen and oxygen atoms in total. The highest BCUT2D eigenvalue weighted by molar-refractivity contribution is 9.11. The van der Waals surface area contributed by atoms with Gasteiger partial charge in [0, 0.05) is 4.88 Å². The molecule has 2 rings (SSSR count). The van der Waals surface area contributed by atoms with E-state index in [4.69, 9.17) is 15.0 Å². The van der Waals surface area contributed by atoms with E-state index in [2.05, 4.69) is 28.9 Å². The minimum absolute atomic E-state index is 0.249. The maximum atomic E-state index is 6.26. The summed E-state index contributed by atoms with van der Waals surface area (Å²) in [4.78, 5) is 1.08. The zero-order chi connectivity index (χ0) is 13.7. The van der Waals surface area contributed by atoms with E-state index in [0.29, 0.717) is 0 Å². The van der Waals surface area contributed by atoms with Crippen LogP contribution in [0.1, 0.15) is 44.1 Å². The van der Waals surface area contributed by atoms with Crippen LogP contribution >= 0.6 is 27.3 Å². The molecular weight excluding hydrogens is 313 g/mol. The highest BCUT2D eigenvalue weighted by atomic mass is 79.9. The molecule has 1 aromatic heterocycles. The van der Waals surface area contributed by atoms with Crippen molar-refractivity contribution in [2.75, 3.05) is 0 Å². The molecule has 0 radical (unpaired) electrons. The Balaban J connectivity index is 2.19. The number of rotatable bonds is 2. The Labute approximate surface area is 121 Å². The van der Waals surface area contributed by atoms with Crippen LogP contribution in [-0.2, 0) is 9.31 Å². The Morgan fingerprint density at radius 1 is 1.28 bits per heavy atom. The van der Waals surface area contributed by atoms with Crippen molar-refractivity contribution in [3.8, 4) is 0 Å². The lowest BCUT2D eigenvalue weighted by molar-refractivity contribution is 0.00578. The van der Waals surface area contributed by atoms with Crippen LogP contribution < -0.4 is 5.73 Å². The Bertz CT molecular complexity index is 425. The molecule has 0 aromatic carbocycles. The molecule has 18 heavy (non-hydrogen) atoms. The van der Waals surface area contributed by atoms with Crippen molar-refractivity contribution in [1.82, 2.24) is 0 Å². The fraction of sp³-hybridized carbons (Fsp3) is 0.667. The van der Waals surface area contributed by atoms with Crippen LogP contribution in [0, 0.1) is 6.92 Å². The normalized spacial score (nSPS) is 23.4. The molecule has 1 aromatic rings. The number of thiophene rings is 1. The van der Waals surface area contributed by atoms with Crippen molar-refractivity contribution < 1.29 is 9.31 Å². The van der Waals surface area contributed by atoms with E-state index in [1.54, 1.807) is 11.3 Å². The van der Waals surface area contributed by atoms with Gasteiger partial charge in [0.2, 0.25) is 0 Å². The van der Waals surface area contributed by atoms with Crippen molar-refractivity contribution in [3.05, 3.63) is 20.3 Å². The van der Waals surface area contributed by atoms with Gasteiger partial charge in [-0.2, -0.15) is 0 Å². The number of halogens is 1. The molecule has 0 unspecified atom stereocenters. The fourth-order valence-corrected chi connectivity index (χ4v) is 3.40. The molecule has 100 valence electrons. The summed E-state index contributed by atoms with van der Waals surface area (Å²) in [5, 5.41) is 0. The predicted octanol–water partition coefficient (Wildman–Crippen LogP) is 3.45. The van der Waals surface area contributed by atoms with E-state index < -0.39 is 0 Å². The van der Waals surface area contributed by atoms with Crippen LogP contribution in [0.15, 0.2) is 9.85 Å². The van der Waals surface area contributed by atoms with E-state index in [9.17, 15) is 0 Å². The second-order valence-corrected chi connectivity index (χ2v) is 8.16. The first-order valence-corrected chi connectivity index (χ1v) is 7.62. The topological polar surface area (TPSA) is 44.5 Å². The summed E-state index contributed by atoms with van der Waals surface area (Å²) < 4.78 is 13.1. The van der Waals surface area contributed by atoms with Gasteiger partial charge in [-0.3, -0.25) is 0 Å².